The topological polar surface area (TPSA) is 37.3 Å². The summed E-state index contributed by atoms with van der Waals surface area (Å²) in [7, 11) is 0. The van der Waals surface area contributed by atoms with Crippen molar-refractivity contribution in [1.29, 1.82) is 0 Å². The van der Waals surface area contributed by atoms with Crippen LogP contribution in [-0.4, -0.2) is 11.1 Å². The minimum absolute atomic E-state index is 0.0446. The summed E-state index contributed by atoms with van der Waals surface area (Å²) in [4.78, 5) is 10.9. The molecule has 0 aromatic heterocycles. The van der Waals surface area contributed by atoms with Gasteiger partial charge in [-0.05, 0) is 25.8 Å². The van der Waals surface area contributed by atoms with Crippen LogP contribution in [0.2, 0.25) is 0 Å². The van der Waals surface area contributed by atoms with Crippen LogP contribution in [0.25, 0.3) is 0 Å². The molecule has 0 heterocycles. The lowest BCUT2D eigenvalue weighted by Gasteiger charge is -2.18. The highest BCUT2D eigenvalue weighted by Gasteiger charge is 2.27. The third-order valence-electron chi connectivity index (χ3n) is 2.46. The van der Waals surface area contributed by atoms with Crippen molar-refractivity contribution in [3.05, 3.63) is 35.4 Å². The minimum atomic E-state index is -2.48. The summed E-state index contributed by atoms with van der Waals surface area (Å²) in [6, 6.07) is 5.76. The summed E-state index contributed by atoms with van der Waals surface area (Å²) in [5.41, 5.74) is -0.180. The van der Waals surface area contributed by atoms with E-state index in [0.29, 0.717) is 6.42 Å². The molecule has 0 saturated heterocycles. The summed E-state index contributed by atoms with van der Waals surface area (Å²) in [5, 5.41) is 8.93. The second-order valence-corrected chi connectivity index (χ2v) is 4.41. The lowest BCUT2D eigenvalue weighted by Crippen LogP contribution is -2.26. The molecule has 1 rings (SSSR count). The Hall–Kier alpha value is -1.45. The molecule has 0 bridgehead atoms. The molecule has 0 unspecified atom stereocenters. The molecule has 0 aliphatic heterocycles. The van der Waals surface area contributed by atoms with Gasteiger partial charge in [0, 0.05) is 5.56 Å². The molecule has 88 valence electrons. The van der Waals surface area contributed by atoms with Crippen LogP contribution < -0.4 is 0 Å². The zero-order chi connectivity index (χ0) is 12.3. The third kappa shape index (κ3) is 3.02. The zero-order valence-corrected chi connectivity index (χ0v) is 9.21. The zero-order valence-electron chi connectivity index (χ0n) is 9.21. The van der Waals surface area contributed by atoms with E-state index in [0.717, 1.165) is 5.56 Å². The number of hydrogen-bond donors (Lipinski definition) is 1. The Kier molecular flexibility index (Phi) is 3.62. The molecular weight excluding hydrogens is 214 g/mol. The van der Waals surface area contributed by atoms with E-state index >= 15 is 0 Å². The van der Waals surface area contributed by atoms with Crippen molar-refractivity contribution in [2.75, 3.05) is 0 Å². The normalized spacial score (nSPS) is 11.8. The molecule has 16 heavy (non-hydrogen) atoms. The molecule has 1 aromatic rings. The van der Waals surface area contributed by atoms with E-state index in [1.165, 1.54) is 12.1 Å². The standard InChI is InChI=1S/C12H14F2O2/c1-12(2,11(15)16)7-8-3-5-9(6-4-8)10(13)14/h3-6,10H,7H2,1-2H3,(H,15,16). The molecule has 0 aliphatic carbocycles. The molecule has 0 spiro atoms. The van der Waals surface area contributed by atoms with Crippen molar-refractivity contribution >= 4 is 5.97 Å². The maximum absolute atomic E-state index is 12.3. The van der Waals surface area contributed by atoms with Crippen LogP contribution in [0.5, 0.6) is 0 Å². The van der Waals surface area contributed by atoms with Gasteiger partial charge >= 0.3 is 5.97 Å². The molecule has 0 amide bonds. The largest absolute Gasteiger partial charge is 0.481 e. The highest BCUT2D eigenvalue weighted by molar-refractivity contribution is 5.74. The van der Waals surface area contributed by atoms with Crippen LogP contribution in [0.1, 0.15) is 31.4 Å². The molecule has 1 N–H and O–H groups in total. The van der Waals surface area contributed by atoms with Gasteiger partial charge in [0.15, 0.2) is 0 Å². The Balaban J connectivity index is 2.80. The van der Waals surface area contributed by atoms with Gasteiger partial charge in [0.25, 0.3) is 6.43 Å². The van der Waals surface area contributed by atoms with Crippen molar-refractivity contribution in [2.24, 2.45) is 5.41 Å². The van der Waals surface area contributed by atoms with Crippen molar-refractivity contribution in [3.8, 4) is 0 Å². The van der Waals surface area contributed by atoms with Gasteiger partial charge in [0.05, 0.1) is 5.41 Å². The van der Waals surface area contributed by atoms with Crippen LogP contribution in [0.3, 0.4) is 0 Å². The Morgan fingerprint density at radius 1 is 1.31 bits per heavy atom. The summed E-state index contributed by atoms with van der Waals surface area (Å²) in [6.45, 7) is 3.21. The van der Waals surface area contributed by atoms with Crippen LogP contribution in [-0.2, 0) is 11.2 Å². The number of alkyl halides is 2. The number of halogens is 2. The molecule has 0 saturated carbocycles. The smallest absolute Gasteiger partial charge is 0.309 e. The minimum Gasteiger partial charge on any atom is -0.481 e. The monoisotopic (exact) mass is 228 g/mol. The van der Waals surface area contributed by atoms with Crippen molar-refractivity contribution in [1.82, 2.24) is 0 Å². The number of aliphatic carboxylic acids is 1. The molecular formula is C12H14F2O2. The molecule has 1 aromatic carbocycles. The average Bonchev–Trinajstić information content (AvgIpc) is 2.17. The molecule has 4 heteroatoms. The van der Waals surface area contributed by atoms with Crippen LogP contribution in [0, 0.1) is 5.41 Å². The van der Waals surface area contributed by atoms with Crippen molar-refractivity contribution in [3.63, 3.8) is 0 Å². The molecule has 0 fully saturated rings. The fourth-order valence-electron chi connectivity index (χ4n) is 1.37. The van der Waals surface area contributed by atoms with Crippen molar-refractivity contribution < 1.29 is 18.7 Å². The van der Waals surface area contributed by atoms with E-state index in [1.54, 1.807) is 26.0 Å². The van der Waals surface area contributed by atoms with Gasteiger partial charge in [0.1, 0.15) is 0 Å². The Morgan fingerprint density at radius 3 is 2.19 bits per heavy atom. The van der Waals surface area contributed by atoms with Gasteiger partial charge < -0.3 is 5.11 Å². The first kappa shape index (κ1) is 12.6. The van der Waals surface area contributed by atoms with Crippen molar-refractivity contribution in [2.45, 2.75) is 26.7 Å². The van der Waals surface area contributed by atoms with Gasteiger partial charge in [-0.15, -0.1) is 0 Å². The Bertz CT molecular complexity index is 369. The van der Waals surface area contributed by atoms with Crippen LogP contribution in [0.4, 0.5) is 8.78 Å². The number of carbonyl (C=O) groups is 1. The van der Waals surface area contributed by atoms with E-state index in [4.69, 9.17) is 5.11 Å². The number of carboxylic acid groups (broad SMARTS) is 1. The average molecular weight is 228 g/mol. The Morgan fingerprint density at radius 2 is 1.81 bits per heavy atom. The summed E-state index contributed by atoms with van der Waals surface area (Å²) in [6.07, 6.45) is -2.16. The van der Waals surface area contributed by atoms with Gasteiger partial charge in [0.2, 0.25) is 0 Å². The first-order valence-electron chi connectivity index (χ1n) is 4.93. The maximum Gasteiger partial charge on any atom is 0.309 e. The lowest BCUT2D eigenvalue weighted by molar-refractivity contribution is -0.146. The summed E-state index contributed by atoms with van der Waals surface area (Å²) in [5.74, 6) is -0.898. The first-order valence-corrected chi connectivity index (χ1v) is 4.93. The summed E-state index contributed by atoms with van der Waals surface area (Å²) >= 11 is 0. The molecule has 2 nitrogen and oxygen atoms in total. The predicted molar refractivity (Wildman–Crippen MR) is 56.5 cm³/mol. The predicted octanol–water partition coefficient (Wildman–Crippen LogP) is 3.28. The highest BCUT2D eigenvalue weighted by atomic mass is 19.3. The van der Waals surface area contributed by atoms with Gasteiger partial charge in [-0.1, -0.05) is 24.3 Å². The van der Waals surface area contributed by atoms with Gasteiger partial charge in [-0.2, -0.15) is 0 Å². The molecule has 0 radical (unpaired) electrons. The first-order chi connectivity index (χ1) is 7.33. The van der Waals surface area contributed by atoms with E-state index in [1.807, 2.05) is 0 Å². The van der Waals surface area contributed by atoms with Crippen LogP contribution >= 0.6 is 0 Å². The van der Waals surface area contributed by atoms with E-state index in [9.17, 15) is 13.6 Å². The number of hydrogen-bond acceptors (Lipinski definition) is 1. The van der Waals surface area contributed by atoms with Gasteiger partial charge in [-0.3, -0.25) is 4.79 Å². The molecule has 0 aliphatic rings. The lowest BCUT2D eigenvalue weighted by atomic mass is 9.86. The Labute approximate surface area is 92.9 Å². The fourth-order valence-corrected chi connectivity index (χ4v) is 1.37. The maximum atomic E-state index is 12.3. The number of benzene rings is 1. The summed E-state index contributed by atoms with van der Waals surface area (Å²) < 4.78 is 24.5. The number of rotatable bonds is 4. The molecule has 0 atom stereocenters. The second-order valence-electron chi connectivity index (χ2n) is 4.41. The van der Waals surface area contributed by atoms with E-state index in [-0.39, 0.29) is 5.56 Å². The third-order valence-corrected chi connectivity index (χ3v) is 2.46. The SMILES string of the molecule is CC(C)(Cc1ccc(C(F)F)cc1)C(=O)O. The van der Waals surface area contributed by atoms with E-state index < -0.39 is 17.8 Å². The number of carboxylic acids is 1. The van der Waals surface area contributed by atoms with Crippen LogP contribution in [0.15, 0.2) is 24.3 Å². The van der Waals surface area contributed by atoms with E-state index in [2.05, 4.69) is 0 Å². The van der Waals surface area contributed by atoms with Gasteiger partial charge in [-0.25, -0.2) is 8.78 Å². The quantitative estimate of drug-likeness (QED) is 0.858. The highest BCUT2D eigenvalue weighted by Crippen LogP contribution is 2.24. The second kappa shape index (κ2) is 4.60. The fraction of sp³-hybridized carbons (Fsp3) is 0.417.